The molecule has 3 unspecified atom stereocenters. The SMILES string of the molecule is CN1CCCCCCCCC(C(O)C(=O)NO)C(=O)NC(CCc2ccc(F)cc2)C1=O. The molecule has 0 bridgehead atoms. The summed E-state index contributed by atoms with van der Waals surface area (Å²) in [5.41, 5.74) is 2.22. The second-order valence-corrected chi connectivity index (χ2v) is 8.42. The van der Waals surface area contributed by atoms with Crippen LogP contribution in [-0.4, -0.2) is 58.7 Å². The van der Waals surface area contributed by atoms with E-state index in [2.05, 4.69) is 5.32 Å². The number of halogens is 1. The highest BCUT2D eigenvalue weighted by molar-refractivity contribution is 5.92. The molecule has 1 heterocycles. The first kappa shape index (κ1) is 25.7. The number of amides is 3. The van der Waals surface area contributed by atoms with E-state index in [1.807, 2.05) is 0 Å². The van der Waals surface area contributed by atoms with Crippen LogP contribution in [0.2, 0.25) is 0 Å². The summed E-state index contributed by atoms with van der Waals surface area (Å²) < 4.78 is 13.2. The van der Waals surface area contributed by atoms with Crippen molar-refractivity contribution in [1.29, 1.82) is 0 Å². The van der Waals surface area contributed by atoms with Crippen molar-refractivity contribution in [3.63, 3.8) is 0 Å². The largest absolute Gasteiger partial charge is 0.382 e. The number of aliphatic hydroxyl groups excluding tert-OH is 1. The predicted molar refractivity (Wildman–Crippen MR) is 116 cm³/mol. The molecule has 0 saturated carbocycles. The van der Waals surface area contributed by atoms with Crippen LogP contribution in [0.25, 0.3) is 0 Å². The summed E-state index contributed by atoms with van der Waals surface area (Å²) in [6, 6.07) is 5.09. The number of likely N-dealkylation sites (N-methyl/N-ethyl adjacent to an activating group) is 1. The number of nitrogens with one attached hydrogen (secondary N) is 2. The molecule has 178 valence electrons. The molecule has 3 amide bonds. The molecule has 8 nitrogen and oxygen atoms in total. The second-order valence-electron chi connectivity index (χ2n) is 8.42. The molecule has 1 fully saturated rings. The Balaban J connectivity index is 2.20. The molecule has 9 heteroatoms. The number of carbonyl (C=O) groups excluding carboxylic acids is 3. The van der Waals surface area contributed by atoms with E-state index >= 15 is 0 Å². The van der Waals surface area contributed by atoms with E-state index in [4.69, 9.17) is 5.21 Å². The molecule has 2 rings (SSSR count). The molecule has 0 spiro atoms. The van der Waals surface area contributed by atoms with Crippen LogP contribution in [0.1, 0.15) is 56.9 Å². The fourth-order valence-electron chi connectivity index (χ4n) is 3.98. The summed E-state index contributed by atoms with van der Waals surface area (Å²) in [4.78, 5) is 39.4. The van der Waals surface area contributed by atoms with E-state index in [9.17, 15) is 23.9 Å². The minimum absolute atomic E-state index is 0.252. The Bertz CT molecular complexity index is 759. The highest BCUT2D eigenvalue weighted by atomic mass is 19.1. The first-order valence-corrected chi connectivity index (χ1v) is 11.2. The average Bonchev–Trinajstić information content (AvgIpc) is 2.79. The van der Waals surface area contributed by atoms with Crippen molar-refractivity contribution in [2.45, 2.75) is 69.9 Å². The third kappa shape index (κ3) is 7.87. The lowest BCUT2D eigenvalue weighted by Crippen LogP contribution is -2.52. The van der Waals surface area contributed by atoms with Gasteiger partial charge in [0.2, 0.25) is 11.8 Å². The maximum Gasteiger partial charge on any atom is 0.272 e. The molecule has 1 saturated heterocycles. The lowest BCUT2D eigenvalue weighted by molar-refractivity contribution is -0.147. The number of hydrogen-bond donors (Lipinski definition) is 4. The molecule has 3 atom stereocenters. The van der Waals surface area contributed by atoms with E-state index in [1.165, 1.54) is 17.6 Å². The quantitative estimate of drug-likeness (QED) is 0.403. The van der Waals surface area contributed by atoms with Gasteiger partial charge in [0, 0.05) is 13.6 Å². The van der Waals surface area contributed by atoms with Gasteiger partial charge in [-0.2, -0.15) is 0 Å². The number of hydrogen-bond acceptors (Lipinski definition) is 5. The molecule has 32 heavy (non-hydrogen) atoms. The smallest absolute Gasteiger partial charge is 0.272 e. The van der Waals surface area contributed by atoms with Gasteiger partial charge in [0.15, 0.2) is 0 Å². The van der Waals surface area contributed by atoms with Gasteiger partial charge < -0.3 is 15.3 Å². The zero-order valence-corrected chi connectivity index (χ0v) is 18.6. The summed E-state index contributed by atoms with van der Waals surface area (Å²) in [6.45, 7) is 0.570. The van der Waals surface area contributed by atoms with E-state index in [0.29, 0.717) is 19.4 Å². The fourth-order valence-corrected chi connectivity index (χ4v) is 3.98. The van der Waals surface area contributed by atoms with E-state index < -0.39 is 29.9 Å². The van der Waals surface area contributed by atoms with Crippen molar-refractivity contribution in [3.05, 3.63) is 35.6 Å². The van der Waals surface area contributed by atoms with Crippen LogP contribution in [0.5, 0.6) is 0 Å². The Labute approximate surface area is 188 Å². The number of aryl methyl sites for hydroxylation is 1. The summed E-state index contributed by atoms with van der Waals surface area (Å²) in [6.07, 6.45) is 4.60. The van der Waals surface area contributed by atoms with Gasteiger partial charge in [-0.05, 0) is 43.4 Å². The highest BCUT2D eigenvalue weighted by Gasteiger charge is 2.34. The molecule has 0 aliphatic carbocycles. The first-order valence-electron chi connectivity index (χ1n) is 11.2. The molecule has 1 aliphatic rings. The van der Waals surface area contributed by atoms with Gasteiger partial charge in [-0.15, -0.1) is 0 Å². The summed E-state index contributed by atoms with van der Waals surface area (Å²) in [5.74, 6) is -3.36. The Morgan fingerprint density at radius 1 is 1.16 bits per heavy atom. The molecule has 1 aromatic carbocycles. The summed E-state index contributed by atoms with van der Waals surface area (Å²) in [7, 11) is 1.69. The molecule has 1 aromatic rings. The van der Waals surface area contributed by atoms with Crippen LogP contribution < -0.4 is 10.8 Å². The number of rotatable bonds is 5. The van der Waals surface area contributed by atoms with Gasteiger partial charge in [-0.3, -0.25) is 19.6 Å². The number of nitrogens with zero attached hydrogens (tertiary/aromatic N) is 1. The molecule has 0 aromatic heterocycles. The van der Waals surface area contributed by atoms with Gasteiger partial charge in [-0.25, -0.2) is 9.87 Å². The summed E-state index contributed by atoms with van der Waals surface area (Å²) >= 11 is 0. The third-order valence-electron chi connectivity index (χ3n) is 5.98. The van der Waals surface area contributed by atoms with Crippen LogP contribution in [-0.2, 0) is 20.8 Å². The van der Waals surface area contributed by atoms with Crippen molar-refractivity contribution in [3.8, 4) is 0 Å². The second kappa shape index (κ2) is 13.1. The zero-order chi connectivity index (χ0) is 23.5. The number of carbonyl (C=O) groups is 3. The van der Waals surface area contributed by atoms with Crippen LogP contribution in [0.15, 0.2) is 24.3 Å². The van der Waals surface area contributed by atoms with Gasteiger partial charge in [0.25, 0.3) is 5.91 Å². The van der Waals surface area contributed by atoms with E-state index in [0.717, 1.165) is 37.7 Å². The van der Waals surface area contributed by atoms with Crippen LogP contribution in [0, 0.1) is 11.7 Å². The molecular formula is C23H34FN3O5. The lowest BCUT2D eigenvalue weighted by Gasteiger charge is -2.28. The van der Waals surface area contributed by atoms with Crippen molar-refractivity contribution in [1.82, 2.24) is 15.7 Å². The topological polar surface area (TPSA) is 119 Å². The van der Waals surface area contributed by atoms with Crippen molar-refractivity contribution < 1.29 is 29.1 Å². The van der Waals surface area contributed by atoms with Crippen LogP contribution in [0.4, 0.5) is 4.39 Å². The molecule has 1 aliphatic heterocycles. The Morgan fingerprint density at radius 2 is 1.78 bits per heavy atom. The van der Waals surface area contributed by atoms with Gasteiger partial charge in [0.1, 0.15) is 18.0 Å². The van der Waals surface area contributed by atoms with Gasteiger partial charge in [-0.1, -0.05) is 44.2 Å². The normalized spacial score (nSPS) is 22.6. The maximum atomic E-state index is 13.2. The number of aliphatic hydroxyl groups is 1. The fraction of sp³-hybridized carbons (Fsp3) is 0.609. The molecule has 4 N–H and O–H groups in total. The summed E-state index contributed by atoms with van der Waals surface area (Å²) in [5, 5.41) is 21.9. The van der Waals surface area contributed by atoms with Crippen LogP contribution >= 0.6 is 0 Å². The Kier molecular flexibility index (Phi) is 10.6. The van der Waals surface area contributed by atoms with E-state index in [-0.39, 0.29) is 24.6 Å². The van der Waals surface area contributed by atoms with Gasteiger partial charge in [0.05, 0.1) is 5.92 Å². The minimum Gasteiger partial charge on any atom is -0.382 e. The monoisotopic (exact) mass is 451 g/mol. The average molecular weight is 452 g/mol. The predicted octanol–water partition coefficient (Wildman–Crippen LogP) is 1.93. The van der Waals surface area contributed by atoms with Crippen molar-refractivity contribution in [2.75, 3.05) is 13.6 Å². The van der Waals surface area contributed by atoms with Crippen molar-refractivity contribution >= 4 is 17.7 Å². The standard InChI is InChI=1S/C23H34FN3O5/c1-27-15-7-5-3-2-4-6-8-18(20(28)22(30)26-32)21(29)25-19(23(27)31)14-11-16-9-12-17(24)13-10-16/h9-10,12-13,18-20,28,32H,2-8,11,14-15H2,1H3,(H,25,29)(H,26,30). The Hall–Kier alpha value is -2.52. The van der Waals surface area contributed by atoms with Gasteiger partial charge >= 0.3 is 0 Å². The first-order chi connectivity index (χ1) is 15.3. The number of benzene rings is 1. The third-order valence-corrected chi connectivity index (χ3v) is 5.98. The lowest BCUT2D eigenvalue weighted by atomic mass is 9.92. The van der Waals surface area contributed by atoms with E-state index in [1.54, 1.807) is 24.1 Å². The molecule has 0 radical (unpaired) electrons. The highest BCUT2D eigenvalue weighted by Crippen LogP contribution is 2.19. The Morgan fingerprint density at radius 3 is 2.44 bits per heavy atom. The van der Waals surface area contributed by atoms with Crippen LogP contribution in [0.3, 0.4) is 0 Å². The zero-order valence-electron chi connectivity index (χ0n) is 18.6. The minimum atomic E-state index is -1.72. The number of hydroxylamine groups is 1. The maximum absolute atomic E-state index is 13.2. The molecular weight excluding hydrogens is 417 g/mol. The van der Waals surface area contributed by atoms with Crippen molar-refractivity contribution in [2.24, 2.45) is 5.92 Å².